The van der Waals surface area contributed by atoms with Crippen molar-refractivity contribution in [3.05, 3.63) is 0 Å². The molecular weight excluding hydrogens is 282 g/mol. The molecule has 0 aromatic heterocycles. The van der Waals surface area contributed by atoms with Crippen LogP contribution in [0.25, 0.3) is 0 Å². The van der Waals surface area contributed by atoms with Gasteiger partial charge in [0.2, 0.25) is 0 Å². The molecule has 0 saturated heterocycles. The van der Waals surface area contributed by atoms with E-state index >= 15 is 0 Å². The van der Waals surface area contributed by atoms with E-state index in [1.807, 2.05) is 0 Å². The molecule has 0 aromatic rings. The Balaban J connectivity index is 0. The van der Waals surface area contributed by atoms with Crippen molar-refractivity contribution < 1.29 is 19.5 Å². The Morgan fingerprint density at radius 1 is 1.05 bits per heavy atom. The van der Waals surface area contributed by atoms with Crippen LogP contribution in [0.4, 0.5) is 0 Å². The first kappa shape index (κ1) is 23.1. The Morgan fingerprint density at radius 3 is 1.59 bits per heavy atom. The molecule has 0 fully saturated rings. The average molecular weight is 318 g/mol. The highest BCUT2D eigenvalue weighted by Gasteiger charge is 2.32. The SMILES string of the molecule is CC(O)C(=O)O.CCN=C(N(CC)CC)[N+](CC)(CC)CC. The Labute approximate surface area is 136 Å². The van der Waals surface area contributed by atoms with E-state index in [0.717, 1.165) is 43.8 Å². The first-order valence-electron chi connectivity index (χ1n) is 8.36. The van der Waals surface area contributed by atoms with Crippen LogP contribution in [0.15, 0.2) is 4.99 Å². The van der Waals surface area contributed by atoms with Crippen molar-refractivity contribution in [2.75, 3.05) is 39.3 Å². The minimum atomic E-state index is -1.23. The highest BCUT2D eigenvalue weighted by Crippen LogP contribution is 2.12. The monoisotopic (exact) mass is 318 g/mol. The zero-order valence-corrected chi connectivity index (χ0v) is 15.5. The molecule has 132 valence electrons. The van der Waals surface area contributed by atoms with Gasteiger partial charge in [-0.25, -0.2) is 9.79 Å². The molecular formula is C16H36N3O3+. The van der Waals surface area contributed by atoms with Crippen molar-refractivity contribution in [2.45, 2.75) is 54.6 Å². The molecule has 1 atom stereocenters. The zero-order chi connectivity index (χ0) is 17.8. The van der Waals surface area contributed by atoms with E-state index in [9.17, 15) is 4.79 Å². The van der Waals surface area contributed by atoms with E-state index in [1.54, 1.807) is 0 Å². The largest absolute Gasteiger partial charge is 0.479 e. The van der Waals surface area contributed by atoms with E-state index in [1.165, 1.54) is 12.9 Å². The summed E-state index contributed by atoms with van der Waals surface area (Å²) in [5, 5.41) is 15.8. The minimum absolute atomic E-state index is 0.881. The standard InChI is InChI=1S/C13H30N3.C3H6O3/c1-7-14-13(15(8-2)9-3)16(10-4,11-5)12-6;1-2(4)3(5)6/h7-12H2,1-6H3;2,4H,1H3,(H,5,6)/q+1;. The number of carboxylic acids is 1. The van der Waals surface area contributed by atoms with Crippen molar-refractivity contribution >= 4 is 11.9 Å². The maximum Gasteiger partial charge on any atom is 0.332 e. The van der Waals surface area contributed by atoms with Gasteiger partial charge in [-0.2, -0.15) is 0 Å². The quantitative estimate of drug-likeness (QED) is 0.428. The first-order chi connectivity index (χ1) is 10.3. The molecule has 1 unspecified atom stereocenters. The molecule has 6 heteroatoms. The molecule has 22 heavy (non-hydrogen) atoms. The summed E-state index contributed by atoms with van der Waals surface area (Å²) in [5.41, 5.74) is 0. The summed E-state index contributed by atoms with van der Waals surface area (Å²) in [6, 6.07) is 0. The van der Waals surface area contributed by atoms with Crippen molar-refractivity contribution in [3.8, 4) is 0 Å². The number of nitrogens with zero attached hydrogens (tertiary/aromatic N) is 3. The lowest BCUT2D eigenvalue weighted by Gasteiger charge is -2.39. The summed E-state index contributed by atoms with van der Waals surface area (Å²) in [6.07, 6.45) is -1.23. The number of aliphatic hydroxyl groups is 1. The fraction of sp³-hybridized carbons (Fsp3) is 0.875. The fourth-order valence-corrected chi connectivity index (χ4v) is 2.29. The number of quaternary nitrogens is 1. The Morgan fingerprint density at radius 2 is 1.41 bits per heavy atom. The van der Waals surface area contributed by atoms with E-state index in [2.05, 4.69) is 46.4 Å². The summed E-state index contributed by atoms with van der Waals surface area (Å²) in [6.45, 7) is 20.9. The summed E-state index contributed by atoms with van der Waals surface area (Å²) in [7, 11) is 0. The molecule has 0 rings (SSSR count). The van der Waals surface area contributed by atoms with Crippen LogP contribution in [0.3, 0.4) is 0 Å². The number of carbonyl (C=O) groups is 1. The lowest BCUT2D eigenvalue weighted by molar-refractivity contribution is -0.841. The highest BCUT2D eigenvalue weighted by molar-refractivity contribution is 5.73. The van der Waals surface area contributed by atoms with Gasteiger partial charge in [-0.15, -0.1) is 0 Å². The van der Waals surface area contributed by atoms with Crippen LogP contribution in [-0.2, 0) is 4.79 Å². The van der Waals surface area contributed by atoms with E-state index < -0.39 is 12.1 Å². The first-order valence-corrected chi connectivity index (χ1v) is 8.36. The van der Waals surface area contributed by atoms with Gasteiger partial charge < -0.3 is 15.1 Å². The van der Waals surface area contributed by atoms with Gasteiger partial charge in [-0.05, 0) is 48.5 Å². The van der Waals surface area contributed by atoms with Gasteiger partial charge in [-0.1, -0.05) is 0 Å². The summed E-state index contributed by atoms with van der Waals surface area (Å²) < 4.78 is 1.01. The minimum Gasteiger partial charge on any atom is -0.479 e. The summed E-state index contributed by atoms with van der Waals surface area (Å²) in [4.78, 5) is 16.6. The molecule has 2 N–H and O–H groups in total. The lowest BCUT2D eigenvalue weighted by atomic mass is 10.3. The maximum atomic E-state index is 9.45. The molecule has 0 aliphatic heterocycles. The molecule has 6 nitrogen and oxygen atoms in total. The average Bonchev–Trinajstić information content (AvgIpc) is 2.51. The third-order valence-electron chi connectivity index (χ3n) is 3.94. The Bertz CT molecular complexity index is 314. The predicted octanol–water partition coefficient (Wildman–Crippen LogP) is 2.03. The molecule has 0 radical (unpaired) electrons. The molecule has 0 saturated carbocycles. The Hall–Kier alpha value is -1.14. The van der Waals surface area contributed by atoms with E-state index in [4.69, 9.17) is 15.2 Å². The van der Waals surface area contributed by atoms with Gasteiger partial charge in [0.15, 0.2) is 0 Å². The topological polar surface area (TPSA) is 73.1 Å². The maximum absolute atomic E-state index is 9.45. The van der Waals surface area contributed by atoms with Gasteiger partial charge >= 0.3 is 5.97 Å². The number of aliphatic imine (C=N–C) groups is 1. The van der Waals surface area contributed by atoms with Gasteiger partial charge in [0.25, 0.3) is 5.96 Å². The van der Waals surface area contributed by atoms with Crippen LogP contribution in [0.5, 0.6) is 0 Å². The van der Waals surface area contributed by atoms with Gasteiger partial charge in [0.1, 0.15) is 6.10 Å². The van der Waals surface area contributed by atoms with E-state index in [0.29, 0.717) is 0 Å². The molecule has 0 amide bonds. The normalized spacial score (nSPS) is 13.2. The molecule has 0 aliphatic rings. The van der Waals surface area contributed by atoms with Crippen LogP contribution in [0.2, 0.25) is 0 Å². The number of hydrogen-bond donors (Lipinski definition) is 2. The third kappa shape index (κ3) is 7.22. The molecule has 0 bridgehead atoms. The van der Waals surface area contributed by atoms with Crippen molar-refractivity contribution in [1.29, 1.82) is 0 Å². The van der Waals surface area contributed by atoms with Gasteiger partial charge in [0, 0.05) is 19.6 Å². The fourth-order valence-electron chi connectivity index (χ4n) is 2.29. The van der Waals surface area contributed by atoms with Crippen LogP contribution >= 0.6 is 0 Å². The van der Waals surface area contributed by atoms with Crippen LogP contribution < -0.4 is 0 Å². The van der Waals surface area contributed by atoms with Crippen molar-refractivity contribution in [2.24, 2.45) is 4.99 Å². The number of hydrogen-bond acceptors (Lipinski definition) is 3. The second kappa shape index (κ2) is 12.4. The van der Waals surface area contributed by atoms with Crippen LogP contribution in [0.1, 0.15) is 48.5 Å². The molecule has 0 aromatic carbocycles. The van der Waals surface area contributed by atoms with Gasteiger partial charge in [-0.3, -0.25) is 4.48 Å². The number of rotatable bonds is 7. The third-order valence-corrected chi connectivity index (χ3v) is 3.94. The number of aliphatic hydroxyl groups excluding tert-OH is 1. The number of aliphatic carboxylic acids is 1. The van der Waals surface area contributed by atoms with Crippen LogP contribution in [0, 0.1) is 0 Å². The molecule has 0 heterocycles. The van der Waals surface area contributed by atoms with Crippen LogP contribution in [-0.4, -0.2) is 76.9 Å². The molecule has 0 spiro atoms. The van der Waals surface area contributed by atoms with Crippen molar-refractivity contribution in [3.63, 3.8) is 0 Å². The summed E-state index contributed by atoms with van der Waals surface area (Å²) in [5.74, 6) is 0.0926. The number of carboxylic acid groups (broad SMARTS) is 1. The lowest BCUT2D eigenvalue weighted by Crippen LogP contribution is -2.59. The Kier molecular flexibility index (Phi) is 13.0. The predicted molar refractivity (Wildman–Crippen MR) is 92.1 cm³/mol. The summed E-state index contributed by atoms with van der Waals surface area (Å²) >= 11 is 0. The second-order valence-electron chi connectivity index (χ2n) is 5.05. The smallest absolute Gasteiger partial charge is 0.332 e. The van der Waals surface area contributed by atoms with Crippen molar-refractivity contribution in [1.82, 2.24) is 4.90 Å². The zero-order valence-electron chi connectivity index (χ0n) is 15.5. The highest BCUT2D eigenvalue weighted by atomic mass is 16.4. The van der Waals surface area contributed by atoms with E-state index in [-0.39, 0.29) is 0 Å². The molecule has 0 aliphatic carbocycles. The second-order valence-corrected chi connectivity index (χ2v) is 5.05. The number of guanidine groups is 1. The van der Waals surface area contributed by atoms with Gasteiger partial charge in [0.05, 0.1) is 19.6 Å².